The highest BCUT2D eigenvalue weighted by Gasteiger charge is 2.22. The lowest BCUT2D eigenvalue weighted by molar-refractivity contribution is -0.132. The fourth-order valence-corrected chi connectivity index (χ4v) is 3.17. The number of aromatic nitrogens is 1. The lowest BCUT2D eigenvalue weighted by Gasteiger charge is -2.20. The normalized spacial score (nSPS) is 13.7. The van der Waals surface area contributed by atoms with Crippen molar-refractivity contribution < 1.29 is 14.6 Å². The first-order valence-electron chi connectivity index (χ1n) is 9.06. The zero-order valence-corrected chi connectivity index (χ0v) is 14.9. The molecule has 3 rings (SSSR count). The zero-order chi connectivity index (χ0) is 18.4. The predicted octanol–water partition coefficient (Wildman–Crippen LogP) is 2.69. The number of nitrogens with two attached hydrogens (primary N) is 1. The Labute approximate surface area is 153 Å². The molecule has 2 heterocycles. The number of carbonyl (C=O) groups is 1. The maximum absolute atomic E-state index is 12.5. The average Bonchev–Trinajstić information content (AvgIpc) is 2.89. The van der Waals surface area contributed by atoms with Crippen LogP contribution in [0, 0.1) is 0 Å². The van der Waals surface area contributed by atoms with Gasteiger partial charge in [0.1, 0.15) is 6.61 Å². The van der Waals surface area contributed by atoms with E-state index in [0.717, 1.165) is 36.0 Å². The lowest BCUT2D eigenvalue weighted by Crippen LogP contribution is -2.32. The number of nitrogens with zero attached hydrogens (tertiary/aromatic N) is 2. The van der Waals surface area contributed by atoms with Crippen LogP contribution in [0.3, 0.4) is 0 Å². The highest BCUT2D eigenvalue weighted by molar-refractivity contribution is 5.77. The van der Waals surface area contributed by atoms with Gasteiger partial charge in [-0.1, -0.05) is 12.5 Å². The van der Waals surface area contributed by atoms with Crippen LogP contribution in [0.2, 0.25) is 0 Å². The first-order valence-corrected chi connectivity index (χ1v) is 9.06. The molecule has 1 amide bonds. The minimum Gasteiger partial charge on any atom is -0.504 e. The second-order valence-corrected chi connectivity index (χ2v) is 6.49. The predicted molar refractivity (Wildman–Crippen MR) is 99.8 cm³/mol. The fourth-order valence-electron chi connectivity index (χ4n) is 3.17. The molecule has 1 aliphatic rings. The van der Waals surface area contributed by atoms with Crippen molar-refractivity contribution in [2.45, 2.75) is 32.2 Å². The Morgan fingerprint density at radius 3 is 2.92 bits per heavy atom. The largest absolute Gasteiger partial charge is 0.504 e. The smallest absolute Gasteiger partial charge is 0.222 e. The molecule has 0 radical (unpaired) electrons. The Bertz CT molecular complexity index is 749. The molecule has 0 aliphatic carbocycles. The summed E-state index contributed by atoms with van der Waals surface area (Å²) in [5, 5.41) is 10.4. The molecule has 1 aliphatic heterocycles. The summed E-state index contributed by atoms with van der Waals surface area (Å²) in [6.07, 6.45) is 6.74. The number of ether oxygens (including phenoxy) is 1. The van der Waals surface area contributed by atoms with Gasteiger partial charge >= 0.3 is 0 Å². The second kappa shape index (κ2) is 8.67. The molecule has 0 spiro atoms. The quantitative estimate of drug-likeness (QED) is 0.778. The molecule has 138 valence electrons. The number of phenols is 1. The molecule has 2 aromatic rings. The molecule has 0 bridgehead atoms. The van der Waals surface area contributed by atoms with Gasteiger partial charge < -0.3 is 20.5 Å². The number of aromatic hydroxyl groups is 1. The first kappa shape index (κ1) is 18.2. The molecular weight excluding hydrogens is 330 g/mol. The number of hydrogen-bond donors (Lipinski definition) is 2. The Morgan fingerprint density at radius 2 is 2.15 bits per heavy atom. The number of carbonyl (C=O) groups excluding carboxylic acids is 1. The third-order valence-electron chi connectivity index (χ3n) is 4.56. The van der Waals surface area contributed by atoms with Crippen LogP contribution in [0.1, 0.15) is 31.2 Å². The van der Waals surface area contributed by atoms with Crippen molar-refractivity contribution in [1.82, 2.24) is 9.88 Å². The van der Waals surface area contributed by atoms with Gasteiger partial charge in [0.15, 0.2) is 11.5 Å². The number of phenolic OH excluding ortho intramolecular Hbond substituents is 1. The number of fused-ring (bicyclic) bond motifs is 1. The van der Waals surface area contributed by atoms with Gasteiger partial charge in [0.2, 0.25) is 5.91 Å². The van der Waals surface area contributed by atoms with Crippen LogP contribution in [-0.4, -0.2) is 40.6 Å². The van der Waals surface area contributed by atoms with Crippen LogP contribution < -0.4 is 10.5 Å². The molecule has 0 atom stereocenters. The topological polar surface area (TPSA) is 88.7 Å². The SMILES string of the molecule is NCCCCCC(=O)N1CCOc2c(O)cc(-c3cccnc3)cc2C1. The molecule has 6 nitrogen and oxygen atoms in total. The summed E-state index contributed by atoms with van der Waals surface area (Å²) in [6, 6.07) is 7.43. The third kappa shape index (κ3) is 4.32. The van der Waals surface area contributed by atoms with E-state index in [1.54, 1.807) is 23.4 Å². The van der Waals surface area contributed by atoms with Gasteiger partial charge in [-0.3, -0.25) is 9.78 Å². The number of benzene rings is 1. The van der Waals surface area contributed by atoms with Gasteiger partial charge in [0.25, 0.3) is 0 Å². The van der Waals surface area contributed by atoms with Crippen LogP contribution in [-0.2, 0) is 11.3 Å². The van der Waals surface area contributed by atoms with E-state index in [1.807, 2.05) is 18.2 Å². The van der Waals surface area contributed by atoms with E-state index in [0.29, 0.717) is 38.4 Å². The summed E-state index contributed by atoms with van der Waals surface area (Å²) in [6.45, 7) is 2.00. The molecule has 26 heavy (non-hydrogen) atoms. The van der Waals surface area contributed by atoms with Crippen molar-refractivity contribution in [1.29, 1.82) is 0 Å². The summed E-state index contributed by atoms with van der Waals surface area (Å²) in [4.78, 5) is 18.5. The maximum Gasteiger partial charge on any atom is 0.222 e. The molecule has 0 unspecified atom stereocenters. The van der Waals surface area contributed by atoms with Crippen molar-refractivity contribution in [2.24, 2.45) is 5.73 Å². The minimum absolute atomic E-state index is 0.0959. The Hall–Kier alpha value is -2.60. The van der Waals surface area contributed by atoms with Crippen molar-refractivity contribution >= 4 is 5.91 Å². The average molecular weight is 355 g/mol. The van der Waals surface area contributed by atoms with Gasteiger partial charge in [-0.05, 0) is 43.1 Å². The van der Waals surface area contributed by atoms with Gasteiger partial charge in [0, 0.05) is 36.5 Å². The van der Waals surface area contributed by atoms with E-state index in [-0.39, 0.29) is 11.7 Å². The second-order valence-electron chi connectivity index (χ2n) is 6.49. The molecule has 1 aromatic carbocycles. The zero-order valence-electron chi connectivity index (χ0n) is 14.9. The third-order valence-corrected chi connectivity index (χ3v) is 4.56. The van der Waals surface area contributed by atoms with Crippen molar-refractivity contribution in [3.05, 3.63) is 42.2 Å². The van der Waals surface area contributed by atoms with E-state index in [9.17, 15) is 9.90 Å². The molecular formula is C20H25N3O3. The first-order chi connectivity index (χ1) is 12.7. The summed E-state index contributed by atoms with van der Waals surface area (Å²) >= 11 is 0. The summed E-state index contributed by atoms with van der Waals surface area (Å²) < 4.78 is 5.72. The van der Waals surface area contributed by atoms with E-state index >= 15 is 0 Å². The Balaban J connectivity index is 1.78. The van der Waals surface area contributed by atoms with Crippen LogP contribution in [0.15, 0.2) is 36.7 Å². The van der Waals surface area contributed by atoms with Crippen molar-refractivity contribution in [3.63, 3.8) is 0 Å². The van der Waals surface area contributed by atoms with Crippen LogP contribution in [0.5, 0.6) is 11.5 Å². The Kier molecular flexibility index (Phi) is 6.07. The molecule has 6 heteroatoms. The number of hydrogen-bond acceptors (Lipinski definition) is 5. The minimum atomic E-state index is 0.0959. The summed E-state index contributed by atoms with van der Waals surface area (Å²) in [7, 11) is 0. The van der Waals surface area contributed by atoms with Gasteiger partial charge in [-0.25, -0.2) is 0 Å². The fraction of sp³-hybridized carbons (Fsp3) is 0.400. The van der Waals surface area contributed by atoms with Crippen LogP contribution >= 0.6 is 0 Å². The van der Waals surface area contributed by atoms with Crippen LogP contribution in [0.25, 0.3) is 11.1 Å². The standard InChI is InChI=1S/C20H25N3O3/c21-7-3-1-2-6-19(25)23-9-10-26-20-17(14-23)11-16(12-18(20)24)15-5-4-8-22-13-15/h4-5,8,11-13,24H,1-3,6-7,9-10,14,21H2. The van der Waals surface area contributed by atoms with E-state index in [2.05, 4.69) is 4.98 Å². The highest BCUT2D eigenvalue weighted by Crippen LogP contribution is 2.37. The number of unbranched alkanes of at least 4 members (excludes halogenated alkanes) is 2. The van der Waals surface area contributed by atoms with E-state index < -0.39 is 0 Å². The summed E-state index contributed by atoms with van der Waals surface area (Å²) in [5.74, 6) is 0.680. The van der Waals surface area contributed by atoms with Gasteiger partial charge in [-0.15, -0.1) is 0 Å². The Morgan fingerprint density at radius 1 is 1.27 bits per heavy atom. The van der Waals surface area contributed by atoms with Crippen LogP contribution in [0.4, 0.5) is 0 Å². The van der Waals surface area contributed by atoms with Crippen molar-refractivity contribution in [2.75, 3.05) is 19.7 Å². The molecule has 1 aromatic heterocycles. The van der Waals surface area contributed by atoms with Gasteiger partial charge in [0.05, 0.1) is 6.54 Å². The number of rotatable bonds is 6. The molecule has 0 saturated carbocycles. The molecule has 0 saturated heterocycles. The highest BCUT2D eigenvalue weighted by atomic mass is 16.5. The van der Waals surface area contributed by atoms with Crippen molar-refractivity contribution in [3.8, 4) is 22.6 Å². The maximum atomic E-state index is 12.5. The van der Waals surface area contributed by atoms with Gasteiger partial charge in [-0.2, -0.15) is 0 Å². The molecule has 0 fully saturated rings. The number of pyridine rings is 1. The lowest BCUT2D eigenvalue weighted by atomic mass is 10.0. The summed E-state index contributed by atoms with van der Waals surface area (Å²) in [5.41, 5.74) is 8.08. The number of amides is 1. The van der Waals surface area contributed by atoms with E-state index in [4.69, 9.17) is 10.5 Å². The molecule has 3 N–H and O–H groups in total. The monoisotopic (exact) mass is 355 g/mol. The van der Waals surface area contributed by atoms with E-state index in [1.165, 1.54) is 0 Å².